The number of rotatable bonds is 3. The van der Waals surface area contributed by atoms with Gasteiger partial charge >= 0.3 is 0 Å². The van der Waals surface area contributed by atoms with Crippen LogP contribution in [-0.2, 0) is 0 Å². The molecule has 0 radical (unpaired) electrons. The van der Waals surface area contributed by atoms with Crippen molar-refractivity contribution in [2.24, 2.45) is 0 Å². The van der Waals surface area contributed by atoms with Crippen LogP contribution in [0.4, 0.5) is 8.78 Å². The molecular weight excluding hydrogens is 270 g/mol. The summed E-state index contributed by atoms with van der Waals surface area (Å²) in [6, 6.07) is 2.26. The summed E-state index contributed by atoms with van der Waals surface area (Å²) >= 11 is 2.97. The third-order valence-corrected chi connectivity index (χ3v) is 2.84. The monoisotopic (exact) mass is 278 g/mol. The van der Waals surface area contributed by atoms with Crippen molar-refractivity contribution in [3.05, 3.63) is 28.2 Å². The highest BCUT2D eigenvalue weighted by atomic mass is 79.9. The van der Waals surface area contributed by atoms with Crippen LogP contribution in [0.2, 0.25) is 0 Å². The molecule has 15 heavy (non-hydrogen) atoms. The lowest BCUT2D eigenvalue weighted by Crippen LogP contribution is -2.23. The van der Waals surface area contributed by atoms with E-state index in [1.54, 1.807) is 0 Å². The Labute approximate surface area is 94.0 Å². The molecule has 2 nitrogen and oxygen atoms in total. The molecule has 1 saturated carbocycles. The van der Waals surface area contributed by atoms with Gasteiger partial charge in [-0.15, -0.1) is 0 Å². The van der Waals surface area contributed by atoms with Gasteiger partial charge in [-0.1, -0.05) is 15.9 Å². The van der Waals surface area contributed by atoms with Gasteiger partial charge in [-0.25, -0.2) is 8.78 Å². The number of hydrogen-bond donors (Lipinski definition) is 1. The van der Waals surface area contributed by atoms with Gasteiger partial charge in [0, 0.05) is 4.47 Å². The SMILES string of the molecule is OCC1(Oc2c(F)cc(Br)cc2F)CC1. The predicted molar refractivity (Wildman–Crippen MR) is 53.7 cm³/mol. The second-order valence-electron chi connectivity index (χ2n) is 3.64. The highest BCUT2D eigenvalue weighted by molar-refractivity contribution is 9.10. The molecule has 82 valence electrons. The molecule has 0 bridgehead atoms. The fourth-order valence-corrected chi connectivity index (χ4v) is 1.68. The summed E-state index contributed by atoms with van der Waals surface area (Å²) in [5.74, 6) is -1.94. The van der Waals surface area contributed by atoms with Gasteiger partial charge in [-0.2, -0.15) is 0 Å². The van der Waals surface area contributed by atoms with Crippen molar-refractivity contribution < 1.29 is 18.6 Å². The minimum atomic E-state index is -0.768. The van der Waals surface area contributed by atoms with Gasteiger partial charge in [0.2, 0.25) is 0 Å². The summed E-state index contributed by atoms with van der Waals surface area (Å²) in [4.78, 5) is 0. The molecule has 0 saturated heterocycles. The molecule has 1 aliphatic carbocycles. The standard InChI is InChI=1S/C10H9BrF2O2/c11-6-3-7(12)9(8(13)4-6)15-10(5-14)1-2-10/h3-4,14H,1-2,5H2. The molecule has 0 aromatic heterocycles. The fraction of sp³-hybridized carbons (Fsp3) is 0.400. The number of aliphatic hydroxyl groups is 1. The first-order chi connectivity index (χ1) is 7.06. The Hall–Kier alpha value is -0.680. The Morgan fingerprint density at radius 3 is 2.27 bits per heavy atom. The average Bonchev–Trinajstić information content (AvgIpc) is 2.92. The lowest BCUT2D eigenvalue weighted by atomic mass is 10.3. The molecule has 1 aliphatic rings. The molecule has 0 heterocycles. The van der Waals surface area contributed by atoms with Gasteiger partial charge in [0.15, 0.2) is 17.4 Å². The van der Waals surface area contributed by atoms with E-state index >= 15 is 0 Å². The summed E-state index contributed by atoms with van der Waals surface area (Å²) in [5.41, 5.74) is -0.768. The maximum atomic E-state index is 13.3. The number of halogens is 3. The van der Waals surface area contributed by atoms with Crippen molar-refractivity contribution in [1.82, 2.24) is 0 Å². The summed E-state index contributed by atoms with van der Waals surface area (Å²) < 4.78 is 32.1. The van der Waals surface area contributed by atoms with Crippen molar-refractivity contribution in [3.63, 3.8) is 0 Å². The maximum absolute atomic E-state index is 13.3. The van der Waals surface area contributed by atoms with Crippen molar-refractivity contribution >= 4 is 15.9 Å². The van der Waals surface area contributed by atoms with Crippen LogP contribution < -0.4 is 4.74 Å². The van der Waals surface area contributed by atoms with Gasteiger partial charge < -0.3 is 9.84 Å². The van der Waals surface area contributed by atoms with Crippen LogP contribution >= 0.6 is 15.9 Å². The average molecular weight is 279 g/mol. The van der Waals surface area contributed by atoms with Crippen LogP contribution in [0.3, 0.4) is 0 Å². The first-order valence-electron chi connectivity index (χ1n) is 4.51. The van der Waals surface area contributed by atoms with E-state index in [0.717, 1.165) is 12.1 Å². The van der Waals surface area contributed by atoms with E-state index in [4.69, 9.17) is 9.84 Å². The zero-order valence-corrected chi connectivity index (χ0v) is 9.35. The number of aliphatic hydroxyl groups excluding tert-OH is 1. The van der Waals surface area contributed by atoms with E-state index in [-0.39, 0.29) is 6.61 Å². The van der Waals surface area contributed by atoms with Crippen molar-refractivity contribution in [2.45, 2.75) is 18.4 Å². The van der Waals surface area contributed by atoms with E-state index < -0.39 is 23.0 Å². The Bertz CT molecular complexity index is 368. The number of benzene rings is 1. The van der Waals surface area contributed by atoms with E-state index in [0.29, 0.717) is 17.3 Å². The number of ether oxygens (including phenoxy) is 1. The smallest absolute Gasteiger partial charge is 0.191 e. The maximum Gasteiger partial charge on any atom is 0.191 e. The molecule has 1 aromatic carbocycles. The minimum absolute atomic E-state index is 0.220. The molecule has 1 aromatic rings. The van der Waals surface area contributed by atoms with Crippen LogP contribution in [0.25, 0.3) is 0 Å². The molecule has 2 rings (SSSR count). The Morgan fingerprint density at radius 1 is 1.33 bits per heavy atom. The third-order valence-electron chi connectivity index (χ3n) is 2.38. The van der Waals surface area contributed by atoms with Gasteiger partial charge in [0.05, 0.1) is 6.61 Å². The van der Waals surface area contributed by atoms with Gasteiger partial charge in [-0.3, -0.25) is 0 Å². The number of hydrogen-bond acceptors (Lipinski definition) is 2. The Kier molecular flexibility index (Phi) is 2.68. The zero-order valence-electron chi connectivity index (χ0n) is 7.77. The van der Waals surface area contributed by atoms with Gasteiger partial charge in [-0.05, 0) is 25.0 Å². The molecular formula is C10H9BrF2O2. The second-order valence-corrected chi connectivity index (χ2v) is 4.56. The second kappa shape index (κ2) is 3.72. The van der Waals surface area contributed by atoms with Crippen LogP contribution in [0.15, 0.2) is 16.6 Å². The van der Waals surface area contributed by atoms with E-state index in [1.165, 1.54) is 0 Å². The fourth-order valence-electron chi connectivity index (χ4n) is 1.27. The molecule has 5 heteroatoms. The summed E-state index contributed by atoms with van der Waals surface area (Å²) in [6.45, 7) is -0.220. The normalized spacial score (nSPS) is 17.6. The van der Waals surface area contributed by atoms with Gasteiger partial charge in [0.25, 0.3) is 0 Å². The first kappa shape index (κ1) is 10.8. The zero-order chi connectivity index (χ0) is 11.1. The lowest BCUT2D eigenvalue weighted by molar-refractivity contribution is 0.0871. The highest BCUT2D eigenvalue weighted by Crippen LogP contribution is 2.41. The molecule has 1 N–H and O–H groups in total. The quantitative estimate of drug-likeness (QED) is 0.921. The summed E-state index contributed by atoms with van der Waals surface area (Å²) in [6.07, 6.45) is 1.25. The summed E-state index contributed by atoms with van der Waals surface area (Å²) in [7, 11) is 0. The third kappa shape index (κ3) is 2.13. The van der Waals surface area contributed by atoms with Crippen LogP contribution in [0.5, 0.6) is 5.75 Å². The van der Waals surface area contributed by atoms with Gasteiger partial charge in [0.1, 0.15) is 5.60 Å². The van der Waals surface area contributed by atoms with E-state index in [2.05, 4.69) is 15.9 Å². The molecule has 0 unspecified atom stereocenters. The van der Waals surface area contributed by atoms with Crippen molar-refractivity contribution in [1.29, 1.82) is 0 Å². The van der Waals surface area contributed by atoms with Crippen LogP contribution in [0.1, 0.15) is 12.8 Å². The first-order valence-corrected chi connectivity index (χ1v) is 5.30. The van der Waals surface area contributed by atoms with E-state index in [9.17, 15) is 8.78 Å². The highest BCUT2D eigenvalue weighted by Gasteiger charge is 2.46. The Balaban J connectivity index is 2.28. The Morgan fingerprint density at radius 2 is 1.87 bits per heavy atom. The lowest BCUT2D eigenvalue weighted by Gasteiger charge is -2.16. The molecule has 0 aliphatic heterocycles. The van der Waals surface area contributed by atoms with Crippen LogP contribution in [0, 0.1) is 11.6 Å². The topological polar surface area (TPSA) is 29.5 Å². The molecule has 1 fully saturated rings. The minimum Gasteiger partial charge on any atom is -0.479 e. The molecule has 0 amide bonds. The summed E-state index contributed by atoms with van der Waals surface area (Å²) in [5, 5.41) is 8.98. The molecule has 0 spiro atoms. The van der Waals surface area contributed by atoms with Crippen molar-refractivity contribution in [2.75, 3.05) is 6.61 Å². The molecule has 0 atom stereocenters. The predicted octanol–water partition coefficient (Wildman–Crippen LogP) is 2.63. The van der Waals surface area contributed by atoms with Crippen molar-refractivity contribution in [3.8, 4) is 5.75 Å². The van der Waals surface area contributed by atoms with Crippen LogP contribution in [-0.4, -0.2) is 17.3 Å². The van der Waals surface area contributed by atoms with E-state index in [1.807, 2.05) is 0 Å². The largest absolute Gasteiger partial charge is 0.479 e.